The standard InChI is InChI=1S/C24H29ClN2O3S/c1-24(2,3)27(23(29)16-4-5-16)14-22(28)26-12-10-21-19(11-13-31-21)20(26)15-30-18-8-6-17(25)7-9-18/h6-9,11,13,16,20H,4-5,10,12,14-15H2,1-3H3/t20-/m0/s1. The minimum Gasteiger partial charge on any atom is -0.491 e. The van der Waals surface area contributed by atoms with Gasteiger partial charge in [-0.1, -0.05) is 11.6 Å². The van der Waals surface area contributed by atoms with Crippen LogP contribution in [0, 0.1) is 5.92 Å². The van der Waals surface area contributed by atoms with Crippen LogP contribution in [0.4, 0.5) is 0 Å². The summed E-state index contributed by atoms with van der Waals surface area (Å²) in [5.74, 6) is 0.883. The highest BCUT2D eigenvalue weighted by atomic mass is 35.5. The minimum atomic E-state index is -0.395. The Labute approximate surface area is 192 Å². The average Bonchev–Trinajstić information content (AvgIpc) is 3.47. The van der Waals surface area contributed by atoms with E-state index in [9.17, 15) is 9.59 Å². The third-order valence-electron chi connectivity index (χ3n) is 5.93. The molecule has 1 saturated carbocycles. The van der Waals surface area contributed by atoms with Crippen molar-refractivity contribution in [1.29, 1.82) is 0 Å². The van der Waals surface area contributed by atoms with Crippen molar-refractivity contribution in [2.24, 2.45) is 5.92 Å². The number of hydrogen-bond acceptors (Lipinski definition) is 4. The zero-order valence-electron chi connectivity index (χ0n) is 18.3. The number of carbonyl (C=O) groups excluding carboxylic acids is 2. The highest BCUT2D eigenvalue weighted by Crippen LogP contribution is 2.36. The van der Waals surface area contributed by atoms with Crippen molar-refractivity contribution in [2.45, 2.75) is 51.6 Å². The number of carbonyl (C=O) groups is 2. The Balaban J connectivity index is 1.52. The molecule has 0 unspecified atom stereocenters. The zero-order chi connectivity index (χ0) is 22.2. The van der Waals surface area contributed by atoms with Crippen LogP contribution in [-0.4, -0.2) is 46.8 Å². The lowest BCUT2D eigenvalue weighted by Gasteiger charge is -2.40. The van der Waals surface area contributed by atoms with Gasteiger partial charge in [0.2, 0.25) is 11.8 Å². The SMILES string of the molecule is CC(C)(C)N(CC(=O)N1CCc2sccc2[C@@H]1COc1ccc(Cl)cc1)C(=O)C1CC1. The van der Waals surface area contributed by atoms with Crippen LogP contribution < -0.4 is 4.74 Å². The maximum absolute atomic E-state index is 13.5. The zero-order valence-corrected chi connectivity index (χ0v) is 19.8. The van der Waals surface area contributed by atoms with Gasteiger partial charge in [0, 0.05) is 27.9 Å². The maximum atomic E-state index is 13.5. The largest absolute Gasteiger partial charge is 0.491 e. The second kappa shape index (κ2) is 8.83. The molecule has 0 radical (unpaired) electrons. The molecule has 4 rings (SSSR count). The monoisotopic (exact) mass is 460 g/mol. The molecule has 2 heterocycles. The van der Waals surface area contributed by atoms with Crippen molar-refractivity contribution in [3.8, 4) is 5.75 Å². The molecule has 166 valence electrons. The Morgan fingerprint density at radius 1 is 1.19 bits per heavy atom. The summed E-state index contributed by atoms with van der Waals surface area (Å²) >= 11 is 7.70. The van der Waals surface area contributed by atoms with Gasteiger partial charge in [0.1, 0.15) is 18.9 Å². The first-order chi connectivity index (χ1) is 14.7. The summed E-state index contributed by atoms with van der Waals surface area (Å²) in [5.41, 5.74) is 0.753. The third-order valence-corrected chi connectivity index (χ3v) is 7.18. The van der Waals surface area contributed by atoms with E-state index in [1.165, 1.54) is 4.88 Å². The summed E-state index contributed by atoms with van der Waals surface area (Å²) in [7, 11) is 0. The van der Waals surface area contributed by atoms with Gasteiger partial charge in [0.05, 0.1) is 6.04 Å². The second-order valence-corrected chi connectivity index (χ2v) is 10.7. The Hall–Kier alpha value is -2.05. The Kier molecular flexibility index (Phi) is 6.31. The van der Waals surface area contributed by atoms with E-state index in [1.54, 1.807) is 28.4 Å². The van der Waals surface area contributed by atoms with E-state index in [0.717, 1.165) is 30.6 Å². The van der Waals surface area contributed by atoms with Gasteiger partial charge in [-0.15, -0.1) is 11.3 Å². The summed E-state index contributed by atoms with van der Waals surface area (Å²) in [5, 5.41) is 2.73. The number of amides is 2. The molecule has 1 aliphatic carbocycles. The first-order valence-corrected chi connectivity index (χ1v) is 12.1. The van der Waals surface area contributed by atoms with Crippen LogP contribution in [0.15, 0.2) is 35.7 Å². The predicted molar refractivity (Wildman–Crippen MR) is 124 cm³/mol. The molecule has 5 nitrogen and oxygen atoms in total. The van der Waals surface area contributed by atoms with Gasteiger partial charge in [0.15, 0.2) is 0 Å². The lowest BCUT2D eigenvalue weighted by atomic mass is 9.99. The van der Waals surface area contributed by atoms with Crippen molar-refractivity contribution >= 4 is 34.8 Å². The van der Waals surface area contributed by atoms with Crippen LogP contribution in [0.1, 0.15) is 50.1 Å². The lowest BCUT2D eigenvalue weighted by molar-refractivity contribution is -0.147. The summed E-state index contributed by atoms with van der Waals surface area (Å²) in [4.78, 5) is 31.3. The summed E-state index contributed by atoms with van der Waals surface area (Å²) in [6.45, 7) is 7.09. The smallest absolute Gasteiger partial charge is 0.242 e. The number of nitrogens with zero attached hydrogens (tertiary/aromatic N) is 2. The van der Waals surface area contributed by atoms with Crippen molar-refractivity contribution in [3.05, 3.63) is 51.2 Å². The molecule has 31 heavy (non-hydrogen) atoms. The fourth-order valence-corrected chi connectivity index (χ4v) is 5.06. The molecular weight excluding hydrogens is 432 g/mol. The van der Waals surface area contributed by atoms with Gasteiger partial charge in [-0.25, -0.2) is 0 Å². The van der Waals surface area contributed by atoms with Gasteiger partial charge in [0.25, 0.3) is 0 Å². The van der Waals surface area contributed by atoms with E-state index < -0.39 is 5.54 Å². The molecule has 2 aliphatic rings. The summed E-state index contributed by atoms with van der Waals surface area (Å²) in [6, 6.07) is 9.17. The molecule has 0 spiro atoms. The number of rotatable bonds is 6. The lowest BCUT2D eigenvalue weighted by Crippen LogP contribution is -2.53. The number of hydrogen-bond donors (Lipinski definition) is 0. The number of benzene rings is 1. The highest BCUT2D eigenvalue weighted by Gasteiger charge is 2.40. The fourth-order valence-electron chi connectivity index (χ4n) is 4.00. The quantitative estimate of drug-likeness (QED) is 0.613. The molecule has 1 aromatic carbocycles. The van der Waals surface area contributed by atoms with Crippen molar-refractivity contribution in [2.75, 3.05) is 19.7 Å². The summed E-state index contributed by atoms with van der Waals surface area (Å²) in [6.07, 6.45) is 2.69. The van der Waals surface area contributed by atoms with E-state index >= 15 is 0 Å². The molecule has 1 aliphatic heterocycles. The van der Waals surface area contributed by atoms with E-state index in [4.69, 9.17) is 16.3 Å². The predicted octanol–water partition coefficient (Wildman–Crippen LogP) is 4.94. The Morgan fingerprint density at radius 3 is 2.55 bits per heavy atom. The molecule has 1 fully saturated rings. The molecule has 0 bridgehead atoms. The molecule has 2 aromatic rings. The van der Waals surface area contributed by atoms with Gasteiger partial charge in [-0.2, -0.15) is 0 Å². The number of thiophene rings is 1. The van der Waals surface area contributed by atoms with Crippen LogP contribution in [0.2, 0.25) is 5.02 Å². The number of halogens is 1. The van der Waals surface area contributed by atoms with E-state index in [2.05, 4.69) is 11.4 Å². The molecule has 7 heteroatoms. The van der Waals surface area contributed by atoms with Crippen LogP contribution in [0.3, 0.4) is 0 Å². The van der Waals surface area contributed by atoms with Crippen LogP contribution >= 0.6 is 22.9 Å². The van der Waals surface area contributed by atoms with Crippen molar-refractivity contribution in [1.82, 2.24) is 9.80 Å². The van der Waals surface area contributed by atoms with Crippen LogP contribution in [-0.2, 0) is 16.0 Å². The third kappa shape index (κ3) is 5.07. The van der Waals surface area contributed by atoms with Gasteiger partial charge in [-0.05, 0) is 81.3 Å². The number of fused-ring (bicyclic) bond motifs is 1. The normalized spacial score (nSPS) is 18.5. The fraction of sp³-hybridized carbons (Fsp3) is 0.500. The molecule has 1 atom stereocenters. The molecular formula is C24H29ClN2O3S. The molecule has 0 N–H and O–H groups in total. The molecule has 2 amide bonds. The second-order valence-electron chi connectivity index (χ2n) is 9.29. The summed E-state index contributed by atoms with van der Waals surface area (Å²) < 4.78 is 6.05. The maximum Gasteiger partial charge on any atom is 0.242 e. The van der Waals surface area contributed by atoms with E-state index in [0.29, 0.717) is 18.2 Å². The first-order valence-electron chi connectivity index (χ1n) is 10.8. The topological polar surface area (TPSA) is 49.9 Å². The van der Waals surface area contributed by atoms with Crippen LogP contribution in [0.25, 0.3) is 0 Å². The van der Waals surface area contributed by atoms with Gasteiger partial charge >= 0.3 is 0 Å². The average molecular weight is 461 g/mol. The van der Waals surface area contributed by atoms with Crippen molar-refractivity contribution in [3.63, 3.8) is 0 Å². The van der Waals surface area contributed by atoms with E-state index in [1.807, 2.05) is 37.8 Å². The minimum absolute atomic E-state index is 0.0227. The van der Waals surface area contributed by atoms with Crippen molar-refractivity contribution < 1.29 is 14.3 Å². The molecule has 0 saturated heterocycles. The number of ether oxygens (including phenoxy) is 1. The highest BCUT2D eigenvalue weighted by molar-refractivity contribution is 7.10. The van der Waals surface area contributed by atoms with E-state index in [-0.39, 0.29) is 30.3 Å². The van der Waals surface area contributed by atoms with Crippen LogP contribution in [0.5, 0.6) is 5.75 Å². The molecule has 1 aromatic heterocycles. The van der Waals surface area contributed by atoms with Gasteiger partial charge < -0.3 is 14.5 Å². The Morgan fingerprint density at radius 2 is 1.90 bits per heavy atom. The first kappa shape index (κ1) is 22.2. The Bertz CT molecular complexity index is 946. The van der Waals surface area contributed by atoms with Gasteiger partial charge in [-0.3, -0.25) is 9.59 Å².